The lowest BCUT2D eigenvalue weighted by molar-refractivity contribution is 0.414. The van der Waals surface area contributed by atoms with Crippen molar-refractivity contribution in [1.29, 1.82) is 0 Å². The number of benzene rings is 1. The van der Waals surface area contributed by atoms with Crippen LogP contribution in [0.4, 0.5) is 0 Å². The summed E-state index contributed by atoms with van der Waals surface area (Å²) in [4.78, 5) is 21.6. The molecule has 0 N–H and O–H groups in total. The Kier molecular flexibility index (Phi) is 2.72. The summed E-state index contributed by atoms with van der Waals surface area (Å²) in [5.41, 5.74) is 0.548. The highest BCUT2D eigenvalue weighted by molar-refractivity contribution is 5.83. The lowest BCUT2D eigenvalue weighted by Crippen LogP contribution is -2.01. The number of fused-ring (bicyclic) bond motifs is 1. The van der Waals surface area contributed by atoms with Crippen LogP contribution in [0.5, 0.6) is 5.75 Å². The van der Waals surface area contributed by atoms with E-state index in [1.54, 1.807) is 24.5 Å². The van der Waals surface area contributed by atoms with Gasteiger partial charge >= 0.3 is 5.63 Å². The molecule has 1 radical (unpaired) electrons. The van der Waals surface area contributed by atoms with Crippen LogP contribution in [0.15, 0.2) is 33.5 Å². The molecule has 4 heteroatoms. The van der Waals surface area contributed by atoms with Crippen LogP contribution >= 0.6 is 0 Å². The molecule has 1 heterocycles. The van der Waals surface area contributed by atoms with Gasteiger partial charge in [-0.15, -0.1) is 0 Å². The van der Waals surface area contributed by atoms with E-state index < -0.39 is 5.63 Å². The van der Waals surface area contributed by atoms with Crippen molar-refractivity contribution in [2.24, 2.45) is 0 Å². The summed E-state index contributed by atoms with van der Waals surface area (Å²) in [6.45, 7) is 0. The van der Waals surface area contributed by atoms with Crippen molar-refractivity contribution in [1.82, 2.24) is 0 Å². The molecule has 0 saturated heterocycles. The monoisotopic (exact) mass is 217 g/mol. The number of methoxy groups -OCH3 is 1. The van der Waals surface area contributed by atoms with Gasteiger partial charge in [0.2, 0.25) is 6.29 Å². The van der Waals surface area contributed by atoms with E-state index in [0.717, 1.165) is 5.39 Å². The topological polar surface area (TPSA) is 56.5 Å². The molecular weight excluding hydrogens is 208 g/mol. The highest BCUT2D eigenvalue weighted by Gasteiger charge is 2.06. The third kappa shape index (κ3) is 1.82. The van der Waals surface area contributed by atoms with Crippen LogP contribution in [0.2, 0.25) is 0 Å². The molecule has 0 bridgehead atoms. The maximum Gasteiger partial charge on any atom is 0.336 e. The first-order valence-corrected chi connectivity index (χ1v) is 4.70. The quantitative estimate of drug-likeness (QED) is 0.730. The van der Waals surface area contributed by atoms with Gasteiger partial charge in [-0.3, -0.25) is 4.79 Å². The molecule has 0 fully saturated rings. The molecule has 0 unspecified atom stereocenters. The summed E-state index contributed by atoms with van der Waals surface area (Å²) in [6.07, 6.45) is 1.85. The molecule has 1 aromatic carbocycles. The van der Waals surface area contributed by atoms with Crippen LogP contribution in [0.25, 0.3) is 11.0 Å². The average molecular weight is 217 g/mol. The van der Waals surface area contributed by atoms with Gasteiger partial charge in [-0.25, -0.2) is 4.79 Å². The molecule has 0 atom stereocenters. The molecule has 4 nitrogen and oxygen atoms in total. The van der Waals surface area contributed by atoms with Crippen molar-refractivity contribution >= 4 is 17.3 Å². The Hall–Kier alpha value is -2.10. The minimum absolute atomic E-state index is 0.0778. The van der Waals surface area contributed by atoms with Crippen LogP contribution in [0.1, 0.15) is 5.56 Å². The van der Waals surface area contributed by atoms with Crippen LogP contribution in [-0.4, -0.2) is 13.4 Å². The van der Waals surface area contributed by atoms with Crippen molar-refractivity contribution in [3.8, 4) is 5.75 Å². The Bertz CT molecular complexity index is 583. The Labute approximate surface area is 91.4 Å². The van der Waals surface area contributed by atoms with E-state index in [-0.39, 0.29) is 6.42 Å². The van der Waals surface area contributed by atoms with Gasteiger partial charge in [0.05, 0.1) is 7.11 Å². The summed E-state index contributed by atoms with van der Waals surface area (Å²) >= 11 is 0. The van der Waals surface area contributed by atoms with E-state index >= 15 is 0 Å². The number of rotatable bonds is 3. The molecule has 2 aromatic rings. The minimum atomic E-state index is -0.481. The van der Waals surface area contributed by atoms with Crippen LogP contribution in [0.3, 0.4) is 0 Å². The van der Waals surface area contributed by atoms with Gasteiger partial charge in [0, 0.05) is 23.9 Å². The molecule has 0 saturated carbocycles. The number of carbonyl (C=O) groups excluding carboxylic acids is 1. The maximum absolute atomic E-state index is 11.2. The second-order valence-corrected chi connectivity index (χ2v) is 3.27. The Morgan fingerprint density at radius 2 is 2.19 bits per heavy atom. The van der Waals surface area contributed by atoms with Crippen molar-refractivity contribution in [3.63, 3.8) is 0 Å². The molecule has 0 spiro atoms. The standard InChI is InChI=1S/C12H9O4/c1-15-9-2-3-10-8(4-5-13)6-12(14)16-11(10)7-9/h2-3,6-7H,4H2,1H3. The second-order valence-electron chi connectivity index (χ2n) is 3.27. The second kappa shape index (κ2) is 4.18. The van der Waals surface area contributed by atoms with E-state index in [2.05, 4.69) is 0 Å². The Morgan fingerprint density at radius 3 is 2.88 bits per heavy atom. The lowest BCUT2D eigenvalue weighted by Gasteiger charge is -2.03. The van der Waals surface area contributed by atoms with E-state index in [0.29, 0.717) is 16.9 Å². The molecule has 0 aliphatic rings. The third-order valence-electron chi connectivity index (χ3n) is 2.30. The normalized spacial score (nSPS) is 10.3. The number of hydrogen-bond acceptors (Lipinski definition) is 4. The van der Waals surface area contributed by atoms with E-state index in [9.17, 15) is 9.59 Å². The largest absolute Gasteiger partial charge is 0.497 e. The molecular formula is C12H9O4. The first-order valence-electron chi connectivity index (χ1n) is 4.70. The molecule has 81 valence electrons. The van der Waals surface area contributed by atoms with E-state index in [4.69, 9.17) is 9.15 Å². The van der Waals surface area contributed by atoms with Crippen molar-refractivity contribution in [2.45, 2.75) is 6.42 Å². The fourth-order valence-electron chi connectivity index (χ4n) is 1.56. The van der Waals surface area contributed by atoms with Crippen LogP contribution in [0, 0.1) is 0 Å². The van der Waals surface area contributed by atoms with Gasteiger partial charge in [0.25, 0.3) is 0 Å². The maximum atomic E-state index is 11.2. The molecule has 0 aliphatic heterocycles. The highest BCUT2D eigenvalue weighted by atomic mass is 16.5. The van der Waals surface area contributed by atoms with Crippen molar-refractivity contribution in [2.75, 3.05) is 7.11 Å². The fourth-order valence-corrected chi connectivity index (χ4v) is 1.56. The molecule has 16 heavy (non-hydrogen) atoms. The molecule has 2 rings (SSSR count). The van der Waals surface area contributed by atoms with Crippen molar-refractivity contribution < 1.29 is 13.9 Å². The highest BCUT2D eigenvalue weighted by Crippen LogP contribution is 2.22. The van der Waals surface area contributed by atoms with E-state index in [1.807, 2.05) is 0 Å². The summed E-state index contributed by atoms with van der Waals surface area (Å²) in [7, 11) is 1.53. The zero-order valence-corrected chi connectivity index (χ0v) is 8.65. The summed E-state index contributed by atoms with van der Waals surface area (Å²) < 4.78 is 10.0. The third-order valence-corrected chi connectivity index (χ3v) is 2.30. The molecule has 0 amide bonds. The average Bonchev–Trinajstić information content (AvgIpc) is 2.28. The predicted octanol–water partition coefficient (Wildman–Crippen LogP) is 1.45. The first kappa shape index (κ1) is 10.4. The number of ether oxygens (including phenoxy) is 1. The lowest BCUT2D eigenvalue weighted by atomic mass is 10.1. The van der Waals surface area contributed by atoms with E-state index in [1.165, 1.54) is 13.2 Å². The van der Waals surface area contributed by atoms with Gasteiger partial charge in [-0.05, 0) is 17.7 Å². The Morgan fingerprint density at radius 1 is 1.38 bits per heavy atom. The van der Waals surface area contributed by atoms with Crippen LogP contribution in [-0.2, 0) is 11.2 Å². The summed E-state index contributed by atoms with van der Waals surface area (Å²) in [5, 5.41) is 0.726. The van der Waals surface area contributed by atoms with Gasteiger partial charge in [-0.1, -0.05) is 0 Å². The Balaban J connectivity index is 2.72. The first-order chi connectivity index (χ1) is 7.74. The van der Waals surface area contributed by atoms with Gasteiger partial charge in [0.15, 0.2) is 0 Å². The summed E-state index contributed by atoms with van der Waals surface area (Å²) in [6, 6.07) is 6.42. The smallest absolute Gasteiger partial charge is 0.336 e. The molecule has 1 aromatic heterocycles. The SMILES string of the molecule is COc1ccc2c(C[C]=O)cc(=O)oc2c1. The van der Waals surface area contributed by atoms with Gasteiger partial charge in [0.1, 0.15) is 11.3 Å². The zero-order valence-electron chi connectivity index (χ0n) is 8.65. The molecule has 0 aliphatic carbocycles. The summed E-state index contributed by atoms with van der Waals surface area (Å²) in [5.74, 6) is 0.600. The van der Waals surface area contributed by atoms with Gasteiger partial charge in [-0.2, -0.15) is 0 Å². The predicted molar refractivity (Wildman–Crippen MR) is 58.4 cm³/mol. The number of hydrogen-bond donors (Lipinski definition) is 0. The van der Waals surface area contributed by atoms with Crippen molar-refractivity contribution in [3.05, 3.63) is 40.2 Å². The minimum Gasteiger partial charge on any atom is -0.497 e. The van der Waals surface area contributed by atoms with Gasteiger partial charge < -0.3 is 9.15 Å². The zero-order chi connectivity index (χ0) is 11.5. The van der Waals surface area contributed by atoms with Crippen LogP contribution < -0.4 is 10.4 Å². The fraction of sp³-hybridized carbons (Fsp3) is 0.167.